The molecule has 0 spiro atoms. The molecular weight excluding hydrogens is 434 g/mol. The van der Waals surface area contributed by atoms with Crippen molar-refractivity contribution in [3.63, 3.8) is 0 Å². The second-order valence-electron chi connectivity index (χ2n) is 6.12. The third-order valence-electron chi connectivity index (χ3n) is 3.84. The molecule has 10 heteroatoms. The molecular formula is C20H16F2N2O4S2. The van der Waals surface area contributed by atoms with E-state index in [1.165, 1.54) is 30.3 Å². The maximum Gasteiger partial charge on any atom is 0.261 e. The molecule has 0 unspecified atom stereocenters. The first-order chi connectivity index (χ1) is 14.1. The van der Waals surface area contributed by atoms with Crippen molar-refractivity contribution >= 4 is 37.5 Å². The summed E-state index contributed by atoms with van der Waals surface area (Å²) in [5.74, 6) is -2.45. The van der Waals surface area contributed by atoms with Gasteiger partial charge in [0.15, 0.2) is 11.6 Å². The summed E-state index contributed by atoms with van der Waals surface area (Å²) in [7, 11) is -7.93. The van der Waals surface area contributed by atoms with E-state index in [-0.39, 0.29) is 11.4 Å². The first-order valence-electron chi connectivity index (χ1n) is 8.48. The van der Waals surface area contributed by atoms with E-state index in [1.54, 1.807) is 24.3 Å². The van der Waals surface area contributed by atoms with Gasteiger partial charge in [0.05, 0.1) is 10.3 Å². The maximum absolute atomic E-state index is 13.3. The van der Waals surface area contributed by atoms with E-state index in [0.29, 0.717) is 17.7 Å². The average molecular weight is 450 g/mol. The molecule has 156 valence electrons. The van der Waals surface area contributed by atoms with Crippen molar-refractivity contribution in [1.82, 2.24) is 0 Å². The summed E-state index contributed by atoms with van der Waals surface area (Å²) >= 11 is 0. The lowest BCUT2D eigenvalue weighted by Crippen LogP contribution is -2.13. The highest BCUT2D eigenvalue weighted by Crippen LogP contribution is 2.20. The van der Waals surface area contributed by atoms with Crippen LogP contribution in [0.1, 0.15) is 5.56 Å². The van der Waals surface area contributed by atoms with Crippen molar-refractivity contribution in [2.45, 2.75) is 4.90 Å². The van der Waals surface area contributed by atoms with Crippen LogP contribution in [-0.2, 0) is 20.0 Å². The normalized spacial score (nSPS) is 12.1. The molecule has 0 saturated heterocycles. The van der Waals surface area contributed by atoms with Gasteiger partial charge in [0.25, 0.3) is 20.0 Å². The third-order valence-corrected chi connectivity index (χ3v) is 6.23. The molecule has 0 radical (unpaired) electrons. The zero-order valence-electron chi connectivity index (χ0n) is 15.3. The standard InChI is InChI=1S/C20H16F2N2O4S2/c21-19-11-10-18(14-20(19)22)30(27,28)24-17-8-6-16(7-9-17)23-29(25,26)13-12-15-4-2-1-3-5-15/h1-14,23-24H/b13-12+. The minimum Gasteiger partial charge on any atom is -0.280 e. The number of hydrogen-bond acceptors (Lipinski definition) is 4. The van der Waals surface area contributed by atoms with Crippen LogP contribution in [0.2, 0.25) is 0 Å². The van der Waals surface area contributed by atoms with Gasteiger partial charge in [-0.15, -0.1) is 0 Å². The van der Waals surface area contributed by atoms with Crippen LogP contribution in [0.3, 0.4) is 0 Å². The topological polar surface area (TPSA) is 92.3 Å². The van der Waals surface area contributed by atoms with Gasteiger partial charge >= 0.3 is 0 Å². The van der Waals surface area contributed by atoms with Gasteiger partial charge in [0.1, 0.15) is 0 Å². The van der Waals surface area contributed by atoms with E-state index in [1.807, 2.05) is 6.07 Å². The third kappa shape index (κ3) is 5.65. The van der Waals surface area contributed by atoms with E-state index in [9.17, 15) is 25.6 Å². The zero-order chi connectivity index (χ0) is 21.8. The van der Waals surface area contributed by atoms with E-state index in [0.717, 1.165) is 11.5 Å². The Balaban J connectivity index is 1.70. The Labute approximate surface area is 173 Å². The Hall–Kier alpha value is -3.24. The van der Waals surface area contributed by atoms with Gasteiger partial charge in [-0.25, -0.2) is 25.6 Å². The Morgan fingerprint density at radius 1 is 0.700 bits per heavy atom. The van der Waals surface area contributed by atoms with Crippen LogP contribution >= 0.6 is 0 Å². The number of anilines is 2. The molecule has 0 bridgehead atoms. The van der Waals surface area contributed by atoms with Gasteiger partial charge in [0, 0.05) is 11.4 Å². The molecule has 0 aliphatic rings. The molecule has 0 amide bonds. The number of hydrogen-bond donors (Lipinski definition) is 2. The summed E-state index contributed by atoms with van der Waals surface area (Å²) in [6.07, 6.45) is 1.44. The van der Waals surface area contributed by atoms with Gasteiger partial charge in [-0.2, -0.15) is 0 Å². The Kier molecular flexibility index (Phi) is 6.18. The minimum absolute atomic E-state index is 0.113. The van der Waals surface area contributed by atoms with Gasteiger partial charge in [-0.1, -0.05) is 30.3 Å². The largest absolute Gasteiger partial charge is 0.280 e. The minimum atomic E-state index is -4.15. The van der Waals surface area contributed by atoms with Crippen LogP contribution in [0, 0.1) is 11.6 Å². The summed E-state index contributed by atoms with van der Waals surface area (Å²) in [5.41, 5.74) is 1.04. The predicted octanol–water partition coefficient (Wildman–Crippen LogP) is 4.18. The number of sulfonamides is 2. The molecule has 3 aromatic rings. The van der Waals surface area contributed by atoms with Crippen molar-refractivity contribution < 1.29 is 25.6 Å². The molecule has 0 aromatic heterocycles. The van der Waals surface area contributed by atoms with E-state index in [2.05, 4.69) is 9.44 Å². The van der Waals surface area contributed by atoms with Crippen LogP contribution in [0.25, 0.3) is 6.08 Å². The number of halogens is 2. The highest BCUT2D eigenvalue weighted by molar-refractivity contribution is 7.95. The monoisotopic (exact) mass is 450 g/mol. The Morgan fingerprint density at radius 2 is 1.30 bits per heavy atom. The van der Waals surface area contributed by atoms with Crippen molar-refractivity contribution in [2.24, 2.45) is 0 Å². The van der Waals surface area contributed by atoms with Crippen LogP contribution in [0.15, 0.2) is 83.1 Å². The summed E-state index contributed by atoms with van der Waals surface area (Å²) in [6.45, 7) is 0. The first kappa shape index (κ1) is 21.5. The molecule has 3 aromatic carbocycles. The van der Waals surface area contributed by atoms with Gasteiger partial charge in [-0.05, 0) is 54.1 Å². The fourth-order valence-electron chi connectivity index (χ4n) is 2.39. The highest BCUT2D eigenvalue weighted by atomic mass is 32.2. The van der Waals surface area contributed by atoms with Crippen LogP contribution in [-0.4, -0.2) is 16.8 Å². The lowest BCUT2D eigenvalue weighted by molar-refractivity contribution is 0.504. The van der Waals surface area contributed by atoms with Gasteiger partial charge in [0.2, 0.25) is 0 Å². The lowest BCUT2D eigenvalue weighted by Gasteiger charge is -2.10. The van der Waals surface area contributed by atoms with Crippen molar-refractivity contribution in [3.05, 3.63) is 95.4 Å². The second kappa shape index (κ2) is 8.64. The van der Waals surface area contributed by atoms with Crippen molar-refractivity contribution in [2.75, 3.05) is 9.44 Å². The summed E-state index contributed by atoms with van der Waals surface area (Å²) < 4.78 is 79.7. The van der Waals surface area contributed by atoms with Crippen LogP contribution < -0.4 is 9.44 Å². The molecule has 6 nitrogen and oxygen atoms in total. The Bertz CT molecular complexity index is 1280. The van der Waals surface area contributed by atoms with E-state index in [4.69, 9.17) is 0 Å². The lowest BCUT2D eigenvalue weighted by atomic mass is 10.2. The maximum atomic E-state index is 13.3. The SMILES string of the molecule is O=S(=O)(/C=C/c1ccccc1)Nc1ccc(NS(=O)(=O)c2ccc(F)c(F)c2)cc1. The zero-order valence-corrected chi connectivity index (χ0v) is 16.9. The van der Waals surface area contributed by atoms with E-state index >= 15 is 0 Å². The molecule has 0 fully saturated rings. The summed E-state index contributed by atoms with van der Waals surface area (Å²) in [6, 6.07) is 16.5. The van der Waals surface area contributed by atoms with Gasteiger partial charge < -0.3 is 0 Å². The summed E-state index contributed by atoms with van der Waals surface area (Å²) in [4.78, 5) is -0.447. The second-order valence-corrected chi connectivity index (χ2v) is 9.37. The van der Waals surface area contributed by atoms with Crippen LogP contribution in [0.4, 0.5) is 20.2 Å². The molecule has 0 saturated carbocycles. The van der Waals surface area contributed by atoms with E-state index < -0.39 is 36.6 Å². The molecule has 0 aliphatic heterocycles. The quantitative estimate of drug-likeness (QED) is 0.565. The number of nitrogens with one attached hydrogen (secondary N) is 2. The van der Waals surface area contributed by atoms with Crippen LogP contribution in [0.5, 0.6) is 0 Å². The number of rotatable bonds is 7. The van der Waals surface area contributed by atoms with Crippen molar-refractivity contribution in [3.8, 4) is 0 Å². The highest BCUT2D eigenvalue weighted by Gasteiger charge is 2.17. The fourth-order valence-corrected chi connectivity index (χ4v) is 4.33. The average Bonchev–Trinajstić information content (AvgIpc) is 2.70. The van der Waals surface area contributed by atoms with Crippen molar-refractivity contribution in [1.29, 1.82) is 0 Å². The smallest absolute Gasteiger partial charge is 0.261 e. The fraction of sp³-hybridized carbons (Fsp3) is 0. The Morgan fingerprint density at radius 3 is 1.90 bits per heavy atom. The molecule has 0 atom stereocenters. The molecule has 0 heterocycles. The summed E-state index contributed by atoms with van der Waals surface area (Å²) in [5, 5.41) is 1.02. The molecule has 2 N–H and O–H groups in total. The number of benzene rings is 3. The first-order valence-corrected chi connectivity index (χ1v) is 11.5. The molecule has 3 rings (SSSR count). The molecule has 0 aliphatic carbocycles. The predicted molar refractivity (Wildman–Crippen MR) is 112 cm³/mol. The molecule has 30 heavy (non-hydrogen) atoms. The van der Waals surface area contributed by atoms with Gasteiger partial charge in [-0.3, -0.25) is 9.44 Å².